The molecule has 3 aromatic carbocycles. The molecule has 2 saturated heterocycles. The molecule has 0 radical (unpaired) electrons. The van der Waals surface area contributed by atoms with Gasteiger partial charge in [-0.2, -0.15) is 18.4 Å². The summed E-state index contributed by atoms with van der Waals surface area (Å²) in [5, 5.41) is 12.4. The maximum Gasteiger partial charge on any atom is 0.417 e. The van der Waals surface area contributed by atoms with Gasteiger partial charge < -0.3 is 24.8 Å². The summed E-state index contributed by atoms with van der Waals surface area (Å²) in [5.74, 6) is 0.522. The smallest absolute Gasteiger partial charge is 0.417 e. The highest BCUT2D eigenvalue weighted by atomic mass is 32.1. The van der Waals surface area contributed by atoms with Gasteiger partial charge in [0.2, 0.25) is 0 Å². The van der Waals surface area contributed by atoms with E-state index in [-0.39, 0.29) is 16.9 Å². The number of alkyl halides is 3. The van der Waals surface area contributed by atoms with Crippen LogP contribution in [0.4, 0.5) is 46.4 Å². The third-order valence-electron chi connectivity index (χ3n) is 9.49. The van der Waals surface area contributed by atoms with E-state index >= 15 is 0 Å². The second-order valence-electron chi connectivity index (χ2n) is 14.1. The largest absolute Gasteiger partial charge is 0.444 e. The Morgan fingerprint density at radius 3 is 2.19 bits per heavy atom. The average molecular weight is 759 g/mol. The van der Waals surface area contributed by atoms with Crippen molar-refractivity contribution in [1.82, 2.24) is 4.90 Å². The monoisotopic (exact) mass is 758 g/mol. The molecule has 2 heterocycles. The first-order valence-electron chi connectivity index (χ1n) is 17.0. The first kappa shape index (κ1) is 37.5. The van der Waals surface area contributed by atoms with E-state index in [9.17, 15) is 23.2 Å². The van der Waals surface area contributed by atoms with E-state index in [0.29, 0.717) is 61.3 Å². The number of benzene rings is 3. The number of piperazine rings is 1. The molecule has 1 aliphatic carbocycles. The quantitative estimate of drug-likeness (QED) is 0.207. The van der Waals surface area contributed by atoms with Crippen LogP contribution < -0.4 is 20.0 Å². The summed E-state index contributed by atoms with van der Waals surface area (Å²) in [5.41, 5.74) is 0.943. The molecule has 3 aromatic rings. The lowest BCUT2D eigenvalue weighted by atomic mass is 9.74. The Hall–Kier alpha value is -5.25. The van der Waals surface area contributed by atoms with Crippen molar-refractivity contribution >= 4 is 75.0 Å². The fourth-order valence-corrected chi connectivity index (χ4v) is 7.45. The van der Waals surface area contributed by atoms with Crippen molar-refractivity contribution in [1.29, 1.82) is 5.26 Å². The summed E-state index contributed by atoms with van der Waals surface area (Å²) in [6.45, 7) is 17.3. The Bertz CT molecular complexity index is 2070. The lowest BCUT2D eigenvalue weighted by molar-refractivity contribution is -0.137. The highest BCUT2D eigenvalue weighted by Crippen LogP contribution is 2.49. The summed E-state index contributed by atoms with van der Waals surface area (Å²) in [6.07, 6.45) is -2.80. The van der Waals surface area contributed by atoms with Gasteiger partial charge in [0.25, 0.3) is 0 Å². The SMILES string of the molecule is [C-]#[N+]c1ccc(N2C(=S)N(c3ccc(N4CCN(C(=O)OC(C)(C)C)CC4)cc3)C3(CCC3)C2=NC(=S)Nc2ccc(C#N)c(C(F)(F)F)c2)cc1C. The van der Waals surface area contributed by atoms with Gasteiger partial charge >= 0.3 is 12.3 Å². The summed E-state index contributed by atoms with van der Waals surface area (Å²) in [7, 11) is 0. The van der Waals surface area contributed by atoms with Crippen LogP contribution >= 0.6 is 24.4 Å². The molecular weight excluding hydrogens is 722 g/mol. The summed E-state index contributed by atoms with van der Waals surface area (Å²) >= 11 is 11.8. The number of carbonyl (C=O) groups is 1. The molecular formula is C38H37F3N8O2S2. The highest BCUT2D eigenvalue weighted by Gasteiger charge is 2.58. The normalized spacial score (nSPS) is 17.8. The Labute approximate surface area is 317 Å². The third-order valence-corrected chi connectivity index (χ3v) is 10.0. The lowest BCUT2D eigenvalue weighted by Gasteiger charge is -2.45. The Morgan fingerprint density at radius 2 is 1.64 bits per heavy atom. The van der Waals surface area contributed by atoms with E-state index in [1.807, 2.05) is 62.9 Å². The number of amidine groups is 1. The van der Waals surface area contributed by atoms with Crippen molar-refractivity contribution in [3.63, 3.8) is 0 Å². The number of hydrogen-bond acceptors (Lipinski definition) is 6. The second-order valence-corrected chi connectivity index (χ2v) is 14.9. The number of carbonyl (C=O) groups excluding carboxylic acids is 1. The van der Waals surface area contributed by atoms with Crippen molar-refractivity contribution in [2.75, 3.05) is 46.2 Å². The van der Waals surface area contributed by atoms with E-state index in [4.69, 9.17) is 40.7 Å². The van der Waals surface area contributed by atoms with Gasteiger partial charge in [-0.3, -0.25) is 4.90 Å². The number of halogens is 3. The van der Waals surface area contributed by atoms with Gasteiger partial charge in [0.1, 0.15) is 17.0 Å². The molecule has 1 N–H and O–H groups in total. The number of nitriles is 1. The molecule has 3 aliphatic rings. The molecule has 0 unspecified atom stereocenters. The minimum Gasteiger partial charge on any atom is -0.444 e. The van der Waals surface area contributed by atoms with Crippen LogP contribution in [0.15, 0.2) is 65.7 Å². The number of rotatable bonds is 4. The van der Waals surface area contributed by atoms with E-state index in [1.165, 1.54) is 6.07 Å². The Morgan fingerprint density at radius 1 is 1.00 bits per heavy atom. The van der Waals surface area contributed by atoms with E-state index < -0.39 is 28.4 Å². The molecule has 6 rings (SSSR count). The summed E-state index contributed by atoms with van der Waals surface area (Å²) in [6, 6.07) is 18.3. The lowest BCUT2D eigenvalue weighted by Crippen LogP contribution is -2.55. The first-order chi connectivity index (χ1) is 25.0. The number of aryl methyl sites for hydroxylation is 1. The molecule has 1 amide bonds. The van der Waals surface area contributed by atoms with Gasteiger partial charge in [-0.1, -0.05) is 6.07 Å². The number of aliphatic imine (C=N–C) groups is 1. The van der Waals surface area contributed by atoms with Crippen LogP contribution in [0.1, 0.15) is 56.7 Å². The third kappa shape index (κ3) is 7.50. The molecule has 53 heavy (non-hydrogen) atoms. The first-order valence-corrected chi connectivity index (χ1v) is 17.8. The molecule has 0 atom stereocenters. The summed E-state index contributed by atoms with van der Waals surface area (Å²) in [4.78, 5) is 28.9. The Kier molecular flexibility index (Phi) is 10.1. The molecule has 0 aromatic heterocycles. The summed E-state index contributed by atoms with van der Waals surface area (Å²) < 4.78 is 46.7. The van der Waals surface area contributed by atoms with Crippen molar-refractivity contribution in [3.8, 4) is 6.07 Å². The zero-order valence-electron chi connectivity index (χ0n) is 29.6. The molecule has 10 nitrogen and oxygen atoms in total. The molecule has 3 fully saturated rings. The van der Waals surface area contributed by atoms with Gasteiger partial charge in [0, 0.05) is 48.9 Å². The minimum atomic E-state index is -4.74. The van der Waals surface area contributed by atoms with Crippen LogP contribution in [0.25, 0.3) is 4.85 Å². The predicted octanol–water partition coefficient (Wildman–Crippen LogP) is 8.82. The second kappa shape index (κ2) is 14.3. The Balaban J connectivity index is 1.31. The maximum atomic E-state index is 13.7. The van der Waals surface area contributed by atoms with Gasteiger partial charge in [-0.15, -0.1) is 0 Å². The molecule has 1 saturated carbocycles. The zero-order chi connectivity index (χ0) is 38.3. The number of thiocarbonyl (C=S) groups is 2. The van der Waals surface area contributed by atoms with Gasteiger partial charge in [-0.25, -0.2) is 14.6 Å². The van der Waals surface area contributed by atoms with Crippen molar-refractivity contribution in [3.05, 3.63) is 88.8 Å². The number of anilines is 4. The number of nitrogens with one attached hydrogen (secondary N) is 1. The van der Waals surface area contributed by atoms with Crippen molar-refractivity contribution in [2.45, 2.75) is 64.3 Å². The van der Waals surface area contributed by atoms with Gasteiger partial charge in [0.15, 0.2) is 15.9 Å². The topological polar surface area (TPSA) is 91.8 Å². The van der Waals surface area contributed by atoms with Gasteiger partial charge in [-0.05, 0) is 132 Å². The molecule has 0 bridgehead atoms. The minimum absolute atomic E-state index is 0.0390. The van der Waals surface area contributed by atoms with Crippen LogP contribution in [0.2, 0.25) is 0 Å². The van der Waals surface area contributed by atoms with Crippen LogP contribution in [-0.2, 0) is 10.9 Å². The van der Waals surface area contributed by atoms with Crippen LogP contribution in [0, 0.1) is 24.8 Å². The van der Waals surface area contributed by atoms with E-state index in [2.05, 4.69) is 20.0 Å². The average Bonchev–Trinajstić information content (AvgIpc) is 3.35. The number of nitrogens with zero attached hydrogens (tertiary/aromatic N) is 7. The van der Waals surface area contributed by atoms with Crippen molar-refractivity contribution in [2.24, 2.45) is 4.99 Å². The zero-order valence-corrected chi connectivity index (χ0v) is 31.3. The fraction of sp³-hybridized carbons (Fsp3) is 0.368. The van der Waals surface area contributed by atoms with Crippen LogP contribution in [-0.4, -0.2) is 64.4 Å². The van der Waals surface area contributed by atoms with Gasteiger partial charge in [0.05, 0.1) is 23.8 Å². The fourth-order valence-electron chi connectivity index (χ4n) is 6.78. The molecule has 1 spiro atoms. The highest BCUT2D eigenvalue weighted by molar-refractivity contribution is 7.81. The standard InChI is InChI=1S/C38H37F3N8O2S2/c1-24-21-29(13-14-31(24)43-5)48-32(45-33(52)44-26-8-7-25(23-42)30(22-26)38(39,40)41)37(15-6-16-37)49(34(48)53)28-11-9-27(10-12-28)46-17-19-47(20-18-46)35(50)51-36(2,3)4/h7-14,21-22H,6,15-20H2,1-4H3,(H,44,52). The molecule has 15 heteroatoms. The van der Waals surface area contributed by atoms with E-state index in [0.717, 1.165) is 35.5 Å². The predicted molar refractivity (Wildman–Crippen MR) is 208 cm³/mol. The number of ether oxygens (including phenoxy) is 1. The number of amides is 1. The van der Waals surface area contributed by atoms with Crippen LogP contribution in [0.5, 0.6) is 0 Å². The van der Waals surface area contributed by atoms with E-state index in [1.54, 1.807) is 23.1 Å². The molecule has 2 aliphatic heterocycles. The van der Waals surface area contributed by atoms with Crippen molar-refractivity contribution < 1.29 is 22.7 Å². The molecule has 274 valence electrons. The number of hydrogen-bond donors (Lipinski definition) is 1. The maximum absolute atomic E-state index is 13.7. The van der Waals surface area contributed by atoms with Crippen LogP contribution in [0.3, 0.4) is 0 Å².